The normalized spacial score (nSPS) is 16.5. The van der Waals surface area contributed by atoms with Crippen LogP contribution in [0.3, 0.4) is 0 Å². The van der Waals surface area contributed by atoms with Gasteiger partial charge >= 0.3 is 0 Å². The Bertz CT molecular complexity index is 411. The maximum Gasteiger partial charge on any atom is 0.241 e. The zero-order valence-corrected chi connectivity index (χ0v) is 14.5. The first-order chi connectivity index (χ1) is 8.66. The SMILES string of the molecule is CC(C(=O)Nc1ccc(Br)cc1)N1CCNCC1.Cl.Cl. The molecule has 0 saturated carbocycles. The molecule has 4 nitrogen and oxygen atoms in total. The number of carbonyl (C=O) groups is 1. The topological polar surface area (TPSA) is 44.4 Å². The summed E-state index contributed by atoms with van der Waals surface area (Å²) in [6.45, 7) is 5.72. The molecule has 0 spiro atoms. The van der Waals surface area contributed by atoms with E-state index in [0.29, 0.717) is 0 Å². The van der Waals surface area contributed by atoms with Gasteiger partial charge in [0, 0.05) is 36.3 Å². The van der Waals surface area contributed by atoms with E-state index in [1.165, 1.54) is 0 Å². The summed E-state index contributed by atoms with van der Waals surface area (Å²) in [6, 6.07) is 7.55. The van der Waals surface area contributed by atoms with Crippen LogP contribution in [0.4, 0.5) is 5.69 Å². The standard InChI is InChI=1S/C13H18BrN3O.2ClH/c1-10(17-8-6-15-7-9-17)13(18)16-12-4-2-11(14)3-5-12;;/h2-5,10,15H,6-9H2,1H3,(H,16,18);2*1H. The van der Waals surface area contributed by atoms with Gasteiger partial charge in [0.05, 0.1) is 6.04 Å². The van der Waals surface area contributed by atoms with Crippen molar-refractivity contribution in [3.63, 3.8) is 0 Å². The fourth-order valence-corrected chi connectivity index (χ4v) is 2.28. The number of carbonyl (C=O) groups excluding carboxylic acids is 1. The Morgan fingerprint density at radius 3 is 2.35 bits per heavy atom. The Morgan fingerprint density at radius 1 is 1.25 bits per heavy atom. The Morgan fingerprint density at radius 2 is 1.80 bits per heavy atom. The lowest BCUT2D eigenvalue weighted by atomic mass is 10.2. The van der Waals surface area contributed by atoms with Gasteiger partial charge in [-0.25, -0.2) is 0 Å². The quantitative estimate of drug-likeness (QED) is 0.841. The second-order valence-corrected chi connectivity index (χ2v) is 5.37. The van der Waals surface area contributed by atoms with Crippen molar-refractivity contribution in [1.82, 2.24) is 10.2 Å². The van der Waals surface area contributed by atoms with Crippen molar-refractivity contribution in [3.8, 4) is 0 Å². The zero-order valence-electron chi connectivity index (χ0n) is 11.3. The number of piperazine rings is 1. The summed E-state index contributed by atoms with van der Waals surface area (Å²) in [5, 5.41) is 6.23. The van der Waals surface area contributed by atoms with Crippen LogP contribution in [0.25, 0.3) is 0 Å². The second-order valence-electron chi connectivity index (χ2n) is 4.46. The summed E-state index contributed by atoms with van der Waals surface area (Å²) in [5.41, 5.74) is 0.838. The van der Waals surface area contributed by atoms with E-state index in [2.05, 4.69) is 31.5 Å². The first kappa shape index (κ1) is 19.7. The fourth-order valence-electron chi connectivity index (χ4n) is 2.02. The highest BCUT2D eigenvalue weighted by molar-refractivity contribution is 9.10. The molecule has 1 aliphatic heterocycles. The molecule has 2 N–H and O–H groups in total. The Kier molecular flexibility index (Phi) is 9.42. The molecule has 2 rings (SSSR count). The van der Waals surface area contributed by atoms with Gasteiger partial charge in [-0.3, -0.25) is 9.69 Å². The van der Waals surface area contributed by atoms with Crippen LogP contribution in [-0.4, -0.2) is 43.0 Å². The number of benzene rings is 1. The van der Waals surface area contributed by atoms with E-state index < -0.39 is 0 Å². The lowest BCUT2D eigenvalue weighted by Crippen LogP contribution is -2.51. The van der Waals surface area contributed by atoms with E-state index in [4.69, 9.17) is 0 Å². The van der Waals surface area contributed by atoms with Gasteiger partial charge in [-0.15, -0.1) is 24.8 Å². The Balaban J connectivity index is 0.00000180. The van der Waals surface area contributed by atoms with Crippen molar-refractivity contribution >= 4 is 52.3 Å². The summed E-state index contributed by atoms with van der Waals surface area (Å²) < 4.78 is 1.01. The van der Waals surface area contributed by atoms with E-state index in [1.807, 2.05) is 31.2 Å². The molecule has 0 aliphatic carbocycles. The molecule has 0 aromatic heterocycles. The van der Waals surface area contributed by atoms with E-state index >= 15 is 0 Å². The maximum absolute atomic E-state index is 12.1. The molecular formula is C13H20BrCl2N3O. The molecule has 1 aromatic carbocycles. The third-order valence-electron chi connectivity index (χ3n) is 3.19. The summed E-state index contributed by atoms with van der Waals surface area (Å²) in [7, 11) is 0. The molecule has 20 heavy (non-hydrogen) atoms. The van der Waals surface area contributed by atoms with Gasteiger partial charge in [0.2, 0.25) is 5.91 Å². The minimum absolute atomic E-state index is 0. The molecule has 0 radical (unpaired) electrons. The molecule has 7 heteroatoms. The van der Waals surface area contributed by atoms with E-state index in [0.717, 1.165) is 36.3 Å². The summed E-state index contributed by atoms with van der Waals surface area (Å²) >= 11 is 3.38. The van der Waals surface area contributed by atoms with Gasteiger partial charge in [-0.1, -0.05) is 15.9 Å². The molecule has 0 bridgehead atoms. The van der Waals surface area contributed by atoms with Crippen LogP contribution in [0.5, 0.6) is 0 Å². The number of hydrogen-bond donors (Lipinski definition) is 2. The van der Waals surface area contributed by atoms with Crippen molar-refractivity contribution in [2.75, 3.05) is 31.5 Å². The first-order valence-electron chi connectivity index (χ1n) is 6.18. The van der Waals surface area contributed by atoms with Crippen LogP contribution >= 0.6 is 40.7 Å². The average molecular weight is 385 g/mol. The molecule has 1 atom stereocenters. The van der Waals surface area contributed by atoms with Crippen LogP contribution in [0.2, 0.25) is 0 Å². The predicted octanol–water partition coefficient (Wildman–Crippen LogP) is 2.52. The minimum atomic E-state index is -0.0873. The lowest BCUT2D eigenvalue weighted by molar-refractivity contribution is -0.120. The number of amides is 1. The minimum Gasteiger partial charge on any atom is -0.325 e. The Hall–Kier alpha value is -0.330. The van der Waals surface area contributed by atoms with Crippen molar-refractivity contribution < 1.29 is 4.79 Å². The monoisotopic (exact) mass is 383 g/mol. The Labute approximate surface area is 140 Å². The highest BCUT2D eigenvalue weighted by Gasteiger charge is 2.22. The highest BCUT2D eigenvalue weighted by atomic mass is 79.9. The van der Waals surface area contributed by atoms with E-state index in [1.54, 1.807) is 0 Å². The van der Waals surface area contributed by atoms with Crippen LogP contribution in [-0.2, 0) is 4.79 Å². The van der Waals surface area contributed by atoms with Gasteiger partial charge in [-0.2, -0.15) is 0 Å². The van der Waals surface area contributed by atoms with Crippen LogP contribution < -0.4 is 10.6 Å². The smallest absolute Gasteiger partial charge is 0.241 e. The zero-order chi connectivity index (χ0) is 13.0. The van der Waals surface area contributed by atoms with Gasteiger partial charge in [-0.05, 0) is 31.2 Å². The van der Waals surface area contributed by atoms with E-state index in [-0.39, 0.29) is 36.8 Å². The van der Waals surface area contributed by atoms with Gasteiger partial charge in [0.25, 0.3) is 0 Å². The molecule has 1 amide bonds. The van der Waals surface area contributed by atoms with E-state index in [9.17, 15) is 4.79 Å². The summed E-state index contributed by atoms with van der Waals surface area (Å²) in [5.74, 6) is 0.0548. The van der Waals surface area contributed by atoms with Crippen molar-refractivity contribution in [2.24, 2.45) is 0 Å². The van der Waals surface area contributed by atoms with Crippen LogP contribution in [0.1, 0.15) is 6.92 Å². The summed E-state index contributed by atoms with van der Waals surface area (Å²) in [4.78, 5) is 14.3. The second kappa shape index (κ2) is 9.58. The molecule has 1 aromatic rings. The molecule has 1 saturated heterocycles. The maximum atomic E-state index is 12.1. The molecule has 1 aliphatic rings. The van der Waals surface area contributed by atoms with Crippen molar-refractivity contribution in [1.29, 1.82) is 0 Å². The number of anilines is 1. The van der Waals surface area contributed by atoms with Crippen LogP contribution in [0.15, 0.2) is 28.7 Å². The number of halogens is 3. The van der Waals surface area contributed by atoms with Crippen LogP contribution in [0, 0.1) is 0 Å². The third-order valence-corrected chi connectivity index (χ3v) is 3.72. The average Bonchev–Trinajstić information content (AvgIpc) is 2.41. The summed E-state index contributed by atoms with van der Waals surface area (Å²) in [6.07, 6.45) is 0. The predicted molar refractivity (Wildman–Crippen MR) is 91.2 cm³/mol. The van der Waals surface area contributed by atoms with Gasteiger partial charge in [0.1, 0.15) is 0 Å². The molecule has 1 unspecified atom stereocenters. The molecule has 1 fully saturated rings. The molecule has 1 heterocycles. The molecule has 114 valence electrons. The fraction of sp³-hybridized carbons (Fsp3) is 0.462. The van der Waals surface area contributed by atoms with Gasteiger partial charge < -0.3 is 10.6 Å². The third kappa shape index (κ3) is 5.58. The highest BCUT2D eigenvalue weighted by Crippen LogP contribution is 2.15. The first-order valence-corrected chi connectivity index (χ1v) is 6.97. The number of rotatable bonds is 3. The number of hydrogen-bond acceptors (Lipinski definition) is 3. The van der Waals surface area contributed by atoms with Crippen molar-refractivity contribution in [2.45, 2.75) is 13.0 Å². The van der Waals surface area contributed by atoms with Crippen molar-refractivity contribution in [3.05, 3.63) is 28.7 Å². The molecular weight excluding hydrogens is 365 g/mol. The lowest BCUT2D eigenvalue weighted by Gasteiger charge is -2.31. The largest absolute Gasteiger partial charge is 0.325 e. The number of nitrogens with zero attached hydrogens (tertiary/aromatic N) is 1. The van der Waals surface area contributed by atoms with Gasteiger partial charge in [0.15, 0.2) is 0 Å². The number of nitrogens with one attached hydrogen (secondary N) is 2.